The number of ether oxygens (including phenoxy) is 1. The van der Waals surface area contributed by atoms with Crippen molar-refractivity contribution in [1.29, 1.82) is 0 Å². The van der Waals surface area contributed by atoms with Gasteiger partial charge < -0.3 is 14.6 Å². The molecule has 7 heteroatoms. The van der Waals surface area contributed by atoms with Crippen molar-refractivity contribution in [2.75, 3.05) is 31.2 Å². The average Bonchev–Trinajstić information content (AvgIpc) is 3.15. The molecule has 0 aliphatic carbocycles. The summed E-state index contributed by atoms with van der Waals surface area (Å²) in [6.07, 6.45) is 0. The quantitative estimate of drug-likeness (QED) is 0.562. The van der Waals surface area contributed by atoms with Crippen LogP contribution in [-0.4, -0.2) is 41.2 Å². The number of nitro groups is 1. The van der Waals surface area contributed by atoms with Crippen LogP contribution >= 0.6 is 0 Å². The molecule has 0 atom stereocenters. The average molecular weight is 364 g/mol. The second-order valence-corrected chi connectivity index (χ2v) is 6.55. The Morgan fingerprint density at radius 2 is 1.67 bits per heavy atom. The first-order chi connectivity index (χ1) is 13.1. The molecule has 1 N–H and O–H groups in total. The highest BCUT2D eigenvalue weighted by Crippen LogP contribution is 2.33. The lowest BCUT2D eigenvalue weighted by molar-refractivity contribution is -0.384. The molecular formula is C20H20N4O3. The summed E-state index contributed by atoms with van der Waals surface area (Å²) in [7, 11) is 0. The fourth-order valence-corrected chi connectivity index (χ4v) is 3.17. The maximum Gasteiger partial charge on any atom is 0.269 e. The number of imidazole rings is 1. The Morgan fingerprint density at radius 1 is 1.04 bits per heavy atom. The van der Waals surface area contributed by atoms with E-state index in [1.807, 2.05) is 19.1 Å². The van der Waals surface area contributed by atoms with Crippen LogP contribution in [-0.2, 0) is 4.74 Å². The first kappa shape index (κ1) is 17.2. The first-order valence-corrected chi connectivity index (χ1v) is 8.86. The summed E-state index contributed by atoms with van der Waals surface area (Å²) in [5, 5.41) is 10.9. The molecule has 7 nitrogen and oxygen atoms in total. The van der Waals surface area contributed by atoms with E-state index in [-0.39, 0.29) is 5.69 Å². The number of hydrogen-bond donors (Lipinski definition) is 1. The zero-order valence-electron chi connectivity index (χ0n) is 15.0. The molecule has 4 rings (SSSR count). The molecule has 0 radical (unpaired) electrons. The van der Waals surface area contributed by atoms with Gasteiger partial charge in [0.05, 0.1) is 23.8 Å². The lowest BCUT2D eigenvalue weighted by Gasteiger charge is -2.27. The molecule has 1 aromatic heterocycles. The van der Waals surface area contributed by atoms with Crippen molar-refractivity contribution < 1.29 is 9.66 Å². The second-order valence-electron chi connectivity index (χ2n) is 6.55. The maximum absolute atomic E-state index is 10.9. The molecule has 138 valence electrons. The SMILES string of the molecule is Cc1ccc(-c2nc(N3CCOCC3)c(-c3ccc([N+](=O)[O-])cc3)[nH]2)cc1. The zero-order valence-corrected chi connectivity index (χ0v) is 15.0. The fourth-order valence-electron chi connectivity index (χ4n) is 3.17. The Kier molecular flexibility index (Phi) is 4.60. The van der Waals surface area contributed by atoms with Crippen molar-refractivity contribution in [3.05, 3.63) is 64.2 Å². The maximum atomic E-state index is 10.9. The van der Waals surface area contributed by atoms with E-state index >= 15 is 0 Å². The summed E-state index contributed by atoms with van der Waals surface area (Å²) in [5.74, 6) is 1.63. The predicted molar refractivity (Wildman–Crippen MR) is 104 cm³/mol. The molecule has 0 bridgehead atoms. The normalized spacial score (nSPS) is 14.3. The molecule has 0 spiro atoms. The number of aromatic nitrogens is 2. The lowest BCUT2D eigenvalue weighted by atomic mass is 10.1. The fraction of sp³-hybridized carbons (Fsp3) is 0.250. The van der Waals surface area contributed by atoms with Crippen LogP contribution in [0.5, 0.6) is 0 Å². The molecule has 1 fully saturated rings. The minimum absolute atomic E-state index is 0.0740. The summed E-state index contributed by atoms with van der Waals surface area (Å²) in [5.41, 5.74) is 4.00. The van der Waals surface area contributed by atoms with Gasteiger partial charge in [0.2, 0.25) is 0 Å². The Bertz CT molecular complexity index is 942. The molecule has 1 aliphatic rings. The van der Waals surface area contributed by atoms with Crippen LogP contribution in [0.2, 0.25) is 0 Å². The van der Waals surface area contributed by atoms with Gasteiger partial charge in [-0.1, -0.05) is 29.8 Å². The Labute approximate surface area is 156 Å². The standard InChI is InChI=1S/C20H20N4O3/c1-14-2-4-16(5-3-14)19-21-18(15-6-8-17(9-7-15)24(25)26)20(22-19)23-10-12-27-13-11-23/h2-9H,10-13H2,1H3,(H,21,22). The van der Waals surface area contributed by atoms with E-state index in [0.29, 0.717) is 13.2 Å². The van der Waals surface area contributed by atoms with Crippen LogP contribution in [0.3, 0.4) is 0 Å². The van der Waals surface area contributed by atoms with Crippen molar-refractivity contribution in [2.45, 2.75) is 6.92 Å². The summed E-state index contributed by atoms with van der Waals surface area (Å²) >= 11 is 0. The third kappa shape index (κ3) is 3.54. The number of non-ortho nitro benzene ring substituents is 1. The number of nitrogens with zero attached hydrogens (tertiary/aromatic N) is 3. The number of nitro benzene ring substituents is 1. The smallest absolute Gasteiger partial charge is 0.269 e. The van der Waals surface area contributed by atoms with Gasteiger partial charge in [0.15, 0.2) is 5.82 Å². The van der Waals surface area contributed by atoms with E-state index in [4.69, 9.17) is 9.72 Å². The van der Waals surface area contributed by atoms with Crippen LogP contribution in [0.1, 0.15) is 5.56 Å². The number of benzene rings is 2. The summed E-state index contributed by atoms with van der Waals surface area (Å²) < 4.78 is 5.46. The Balaban J connectivity index is 1.77. The third-order valence-electron chi connectivity index (χ3n) is 4.69. The minimum atomic E-state index is -0.392. The minimum Gasteiger partial charge on any atom is -0.378 e. The van der Waals surface area contributed by atoms with Crippen LogP contribution in [0, 0.1) is 17.0 Å². The van der Waals surface area contributed by atoms with Gasteiger partial charge in [0.25, 0.3) is 5.69 Å². The van der Waals surface area contributed by atoms with Gasteiger partial charge in [-0.2, -0.15) is 0 Å². The molecule has 0 amide bonds. The van der Waals surface area contributed by atoms with Gasteiger partial charge in [0.1, 0.15) is 5.82 Å². The number of nitrogens with one attached hydrogen (secondary N) is 1. The number of anilines is 1. The zero-order chi connectivity index (χ0) is 18.8. The van der Waals surface area contributed by atoms with Crippen molar-refractivity contribution in [3.63, 3.8) is 0 Å². The number of rotatable bonds is 4. The van der Waals surface area contributed by atoms with Crippen LogP contribution in [0.15, 0.2) is 48.5 Å². The predicted octanol–water partition coefficient (Wildman–Crippen LogP) is 3.80. The van der Waals surface area contributed by atoms with Gasteiger partial charge in [0, 0.05) is 36.3 Å². The van der Waals surface area contributed by atoms with E-state index in [9.17, 15) is 10.1 Å². The lowest BCUT2D eigenvalue weighted by Crippen LogP contribution is -2.36. The van der Waals surface area contributed by atoms with Crippen molar-refractivity contribution in [2.24, 2.45) is 0 Å². The number of H-pyrrole nitrogens is 1. The van der Waals surface area contributed by atoms with Gasteiger partial charge in [-0.3, -0.25) is 10.1 Å². The Morgan fingerprint density at radius 3 is 2.30 bits per heavy atom. The van der Waals surface area contributed by atoms with Crippen molar-refractivity contribution in [3.8, 4) is 22.6 Å². The molecule has 2 heterocycles. The summed E-state index contributed by atoms with van der Waals surface area (Å²) in [4.78, 5) is 21.0. The molecule has 27 heavy (non-hydrogen) atoms. The van der Waals surface area contributed by atoms with Gasteiger partial charge in [-0.05, 0) is 19.1 Å². The molecule has 1 aliphatic heterocycles. The van der Waals surface area contributed by atoms with Crippen LogP contribution in [0.4, 0.5) is 11.5 Å². The summed E-state index contributed by atoms with van der Waals surface area (Å²) in [6.45, 7) is 4.89. The van der Waals surface area contributed by atoms with Crippen LogP contribution < -0.4 is 4.90 Å². The monoisotopic (exact) mass is 364 g/mol. The number of morpholine rings is 1. The number of aryl methyl sites for hydroxylation is 1. The molecule has 0 unspecified atom stereocenters. The van der Waals surface area contributed by atoms with Gasteiger partial charge in [-0.15, -0.1) is 0 Å². The van der Waals surface area contributed by atoms with E-state index in [0.717, 1.165) is 41.6 Å². The van der Waals surface area contributed by atoms with E-state index < -0.39 is 4.92 Å². The topological polar surface area (TPSA) is 84.3 Å². The third-order valence-corrected chi connectivity index (χ3v) is 4.69. The van der Waals surface area contributed by atoms with E-state index in [1.54, 1.807) is 12.1 Å². The molecule has 0 saturated carbocycles. The highest BCUT2D eigenvalue weighted by atomic mass is 16.6. The summed E-state index contributed by atoms with van der Waals surface area (Å²) in [6, 6.07) is 14.7. The largest absolute Gasteiger partial charge is 0.378 e. The van der Waals surface area contributed by atoms with Gasteiger partial charge >= 0.3 is 0 Å². The van der Waals surface area contributed by atoms with Gasteiger partial charge in [-0.25, -0.2) is 4.98 Å². The van der Waals surface area contributed by atoms with Crippen molar-refractivity contribution in [1.82, 2.24) is 9.97 Å². The number of aromatic amines is 1. The highest BCUT2D eigenvalue weighted by molar-refractivity contribution is 5.77. The molecule has 2 aromatic carbocycles. The number of hydrogen-bond acceptors (Lipinski definition) is 5. The second kappa shape index (κ2) is 7.20. The molecule has 1 saturated heterocycles. The van der Waals surface area contributed by atoms with E-state index in [2.05, 4.69) is 22.0 Å². The van der Waals surface area contributed by atoms with Crippen molar-refractivity contribution >= 4 is 11.5 Å². The van der Waals surface area contributed by atoms with E-state index in [1.165, 1.54) is 17.7 Å². The Hall–Kier alpha value is -3.19. The molecule has 3 aromatic rings. The van der Waals surface area contributed by atoms with Crippen LogP contribution in [0.25, 0.3) is 22.6 Å². The first-order valence-electron chi connectivity index (χ1n) is 8.86. The molecular weight excluding hydrogens is 344 g/mol. The highest BCUT2D eigenvalue weighted by Gasteiger charge is 2.21.